The lowest BCUT2D eigenvalue weighted by molar-refractivity contribution is -0.139. The second-order valence-corrected chi connectivity index (χ2v) is 7.06. The van der Waals surface area contributed by atoms with E-state index in [0.717, 1.165) is 51.0 Å². The van der Waals surface area contributed by atoms with Crippen molar-refractivity contribution >= 4 is 5.91 Å². The Bertz CT molecular complexity index is 686. The maximum absolute atomic E-state index is 13.1. The lowest BCUT2D eigenvalue weighted by Gasteiger charge is -2.39. The number of carbonyl (C=O) groups is 1. The lowest BCUT2D eigenvalue weighted by Crippen LogP contribution is -2.47. The lowest BCUT2D eigenvalue weighted by atomic mass is 9.78. The van der Waals surface area contributed by atoms with E-state index in [1.165, 1.54) is 5.56 Å². The first-order valence-corrected chi connectivity index (χ1v) is 8.67. The summed E-state index contributed by atoms with van der Waals surface area (Å²) in [6.45, 7) is 4.32. The van der Waals surface area contributed by atoms with Gasteiger partial charge in [-0.2, -0.15) is 0 Å². The number of carbonyl (C=O) groups excluding carboxylic acids is 1. The van der Waals surface area contributed by atoms with Gasteiger partial charge in [-0.3, -0.25) is 14.7 Å². The van der Waals surface area contributed by atoms with Crippen molar-refractivity contribution in [2.24, 2.45) is 5.41 Å². The Morgan fingerprint density at radius 1 is 1.17 bits per heavy atom. The van der Waals surface area contributed by atoms with Crippen LogP contribution in [-0.4, -0.2) is 40.3 Å². The van der Waals surface area contributed by atoms with Crippen LogP contribution in [0.3, 0.4) is 0 Å². The monoisotopic (exact) mass is 325 g/mol. The van der Waals surface area contributed by atoms with E-state index in [9.17, 15) is 4.79 Å². The largest absolute Gasteiger partial charge is 0.472 e. The minimum absolute atomic E-state index is 0.190. The van der Waals surface area contributed by atoms with Gasteiger partial charge in [0.05, 0.1) is 17.9 Å². The van der Waals surface area contributed by atoms with E-state index in [0.29, 0.717) is 12.5 Å². The van der Waals surface area contributed by atoms with Gasteiger partial charge in [0.15, 0.2) is 0 Å². The molecule has 4 heterocycles. The third-order valence-corrected chi connectivity index (χ3v) is 5.34. The van der Waals surface area contributed by atoms with Crippen LogP contribution in [0.15, 0.2) is 47.5 Å². The molecular formula is C19H23N3O2. The molecule has 2 fully saturated rings. The zero-order valence-corrected chi connectivity index (χ0v) is 13.9. The third kappa shape index (κ3) is 2.96. The minimum Gasteiger partial charge on any atom is -0.472 e. The number of amides is 1. The van der Waals surface area contributed by atoms with Gasteiger partial charge in [0.25, 0.3) is 0 Å². The topological polar surface area (TPSA) is 49.6 Å². The van der Waals surface area contributed by atoms with E-state index in [2.05, 4.69) is 9.88 Å². The van der Waals surface area contributed by atoms with Gasteiger partial charge >= 0.3 is 0 Å². The highest BCUT2D eigenvalue weighted by Crippen LogP contribution is 2.41. The van der Waals surface area contributed by atoms with Gasteiger partial charge < -0.3 is 9.32 Å². The van der Waals surface area contributed by atoms with Crippen molar-refractivity contribution in [3.63, 3.8) is 0 Å². The van der Waals surface area contributed by atoms with Gasteiger partial charge in [0.2, 0.25) is 5.91 Å². The molecular weight excluding hydrogens is 302 g/mol. The summed E-state index contributed by atoms with van der Waals surface area (Å²) in [6.07, 6.45) is 10.2. The molecule has 5 nitrogen and oxygen atoms in total. The van der Waals surface area contributed by atoms with Crippen LogP contribution < -0.4 is 0 Å². The molecule has 0 saturated carbocycles. The SMILES string of the molecule is O=C1N(Cc2cccnc2)CCC12CCCN(Cc1ccoc1)C2. The molecule has 2 aliphatic heterocycles. The first-order chi connectivity index (χ1) is 11.8. The molecule has 1 amide bonds. The van der Waals surface area contributed by atoms with Crippen LogP contribution in [-0.2, 0) is 17.9 Å². The molecule has 4 rings (SSSR count). The van der Waals surface area contributed by atoms with Crippen LogP contribution in [0.2, 0.25) is 0 Å². The predicted molar refractivity (Wildman–Crippen MR) is 89.9 cm³/mol. The number of aromatic nitrogens is 1. The van der Waals surface area contributed by atoms with Crippen LogP contribution in [0.1, 0.15) is 30.4 Å². The molecule has 0 radical (unpaired) electrons. The van der Waals surface area contributed by atoms with E-state index in [-0.39, 0.29) is 5.41 Å². The number of nitrogens with zero attached hydrogens (tertiary/aromatic N) is 3. The number of rotatable bonds is 4. The van der Waals surface area contributed by atoms with Crippen molar-refractivity contribution in [1.29, 1.82) is 0 Å². The number of likely N-dealkylation sites (tertiary alicyclic amines) is 2. The summed E-state index contributed by atoms with van der Waals surface area (Å²) in [4.78, 5) is 21.7. The highest BCUT2D eigenvalue weighted by atomic mass is 16.3. The minimum atomic E-state index is -0.190. The third-order valence-electron chi connectivity index (χ3n) is 5.34. The van der Waals surface area contributed by atoms with Gasteiger partial charge in [-0.1, -0.05) is 6.07 Å². The maximum Gasteiger partial charge on any atom is 0.230 e. The Morgan fingerprint density at radius 3 is 2.92 bits per heavy atom. The van der Waals surface area contributed by atoms with E-state index >= 15 is 0 Å². The van der Waals surface area contributed by atoms with Gasteiger partial charge in [0.1, 0.15) is 0 Å². The van der Waals surface area contributed by atoms with Crippen LogP contribution in [0.4, 0.5) is 0 Å². The Hall–Kier alpha value is -2.14. The summed E-state index contributed by atoms with van der Waals surface area (Å²) >= 11 is 0. The van der Waals surface area contributed by atoms with Crippen molar-refractivity contribution in [1.82, 2.24) is 14.8 Å². The fourth-order valence-corrected chi connectivity index (χ4v) is 4.14. The first-order valence-electron chi connectivity index (χ1n) is 8.67. The molecule has 2 aromatic heterocycles. The molecule has 5 heteroatoms. The highest BCUT2D eigenvalue weighted by Gasteiger charge is 2.48. The Kier molecular flexibility index (Phi) is 4.10. The zero-order chi connectivity index (χ0) is 16.4. The zero-order valence-electron chi connectivity index (χ0n) is 13.9. The second-order valence-electron chi connectivity index (χ2n) is 7.06. The maximum atomic E-state index is 13.1. The molecule has 126 valence electrons. The molecule has 1 spiro atoms. The van der Waals surface area contributed by atoms with Crippen molar-refractivity contribution in [3.05, 3.63) is 54.2 Å². The normalized spacial score (nSPS) is 24.8. The Balaban J connectivity index is 1.44. The Morgan fingerprint density at radius 2 is 2.12 bits per heavy atom. The van der Waals surface area contributed by atoms with Gasteiger partial charge in [-0.15, -0.1) is 0 Å². The van der Waals surface area contributed by atoms with Crippen LogP contribution in [0, 0.1) is 5.41 Å². The van der Waals surface area contributed by atoms with E-state index < -0.39 is 0 Å². The standard InChI is InChI=1S/C19H23N3O2/c23-18-19(6-9-22(18)13-16-3-1-7-20-11-16)5-2-8-21(15-19)12-17-4-10-24-14-17/h1,3-4,7,10-11,14H,2,5-6,8-9,12-13,15H2. The molecule has 24 heavy (non-hydrogen) atoms. The number of hydrogen-bond acceptors (Lipinski definition) is 4. The molecule has 2 aliphatic rings. The van der Waals surface area contributed by atoms with E-state index in [1.807, 2.05) is 29.3 Å². The summed E-state index contributed by atoms with van der Waals surface area (Å²) in [5.74, 6) is 0.322. The number of hydrogen-bond donors (Lipinski definition) is 0. The number of pyridine rings is 1. The number of piperidine rings is 1. The molecule has 1 unspecified atom stereocenters. The van der Waals surface area contributed by atoms with Gasteiger partial charge in [-0.05, 0) is 43.5 Å². The van der Waals surface area contributed by atoms with E-state index in [1.54, 1.807) is 18.7 Å². The molecule has 2 aromatic rings. The van der Waals surface area contributed by atoms with Gasteiger partial charge in [0, 0.05) is 44.1 Å². The number of furan rings is 1. The smallest absolute Gasteiger partial charge is 0.230 e. The average molecular weight is 325 g/mol. The summed E-state index contributed by atoms with van der Waals surface area (Å²) in [5.41, 5.74) is 2.10. The summed E-state index contributed by atoms with van der Waals surface area (Å²) in [6, 6.07) is 5.97. The van der Waals surface area contributed by atoms with Gasteiger partial charge in [-0.25, -0.2) is 0 Å². The highest BCUT2D eigenvalue weighted by molar-refractivity contribution is 5.85. The Labute approximate surface area is 142 Å². The molecule has 0 aromatic carbocycles. The van der Waals surface area contributed by atoms with Crippen molar-refractivity contribution in [3.8, 4) is 0 Å². The summed E-state index contributed by atoms with van der Waals surface area (Å²) < 4.78 is 5.17. The molecule has 0 bridgehead atoms. The van der Waals surface area contributed by atoms with Crippen LogP contribution in [0.5, 0.6) is 0 Å². The fraction of sp³-hybridized carbons (Fsp3) is 0.474. The van der Waals surface area contributed by atoms with Crippen molar-refractivity contribution < 1.29 is 9.21 Å². The van der Waals surface area contributed by atoms with E-state index in [4.69, 9.17) is 4.42 Å². The molecule has 1 atom stereocenters. The van der Waals surface area contributed by atoms with Crippen molar-refractivity contribution in [2.45, 2.75) is 32.4 Å². The quantitative estimate of drug-likeness (QED) is 0.867. The predicted octanol–water partition coefficient (Wildman–Crippen LogP) is 2.69. The second kappa shape index (κ2) is 6.40. The molecule has 2 saturated heterocycles. The first kappa shape index (κ1) is 15.4. The van der Waals surface area contributed by atoms with Crippen LogP contribution >= 0.6 is 0 Å². The van der Waals surface area contributed by atoms with Crippen LogP contribution in [0.25, 0.3) is 0 Å². The van der Waals surface area contributed by atoms with Crippen molar-refractivity contribution in [2.75, 3.05) is 19.6 Å². The average Bonchev–Trinajstić information content (AvgIpc) is 3.21. The summed E-state index contributed by atoms with van der Waals surface area (Å²) in [5, 5.41) is 0. The summed E-state index contributed by atoms with van der Waals surface area (Å²) in [7, 11) is 0. The fourth-order valence-electron chi connectivity index (χ4n) is 4.14. The molecule has 0 N–H and O–H groups in total. The molecule has 0 aliphatic carbocycles.